The second-order valence-electron chi connectivity index (χ2n) is 4.86. The molecule has 0 radical (unpaired) electrons. The second-order valence-corrected chi connectivity index (χ2v) is 4.86. The van der Waals surface area contributed by atoms with E-state index < -0.39 is 0 Å². The average molecular weight is 181 g/mol. The number of nitrogens with one attached hydrogen (secondary N) is 1. The Kier molecular flexibility index (Phi) is 1.57. The van der Waals surface area contributed by atoms with E-state index in [1.165, 1.54) is 0 Å². The van der Waals surface area contributed by atoms with Crippen molar-refractivity contribution < 1.29 is 9.59 Å². The second kappa shape index (κ2) is 2.34. The van der Waals surface area contributed by atoms with Crippen LogP contribution in [-0.4, -0.2) is 18.2 Å². The maximum atomic E-state index is 11.7. The van der Waals surface area contributed by atoms with Gasteiger partial charge < -0.3 is 5.32 Å². The van der Waals surface area contributed by atoms with Gasteiger partial charge in [0.25, 0.3) is 0 Å². The van der Waals surface area contributed by atoms with Gasteiger partial charge in [0.2, 0.25) is 5.91 Å². The Morgan fingerprint density at radius 2 is 1.92 bits per heavy atom. The molecule has 1 heterocycles. The first-order chi connectivity index (χ1) is 5.98. The molecule has 0 aromatic rings. The Labute approximate surface area is 77.9 Å². The van der Waals surface area contributed by atoms with Crippen molar-refractivity contribution in [1.29, 1.82) is 0 Å². The topological polar surface area (TPSA) is 46.2 Å². The fourth-order valence-corrected chi connectivity index (χ4v) is 2.50. The van der Waals surface area contributed by atoms with Crippen LogP contribution in [0.5, 0.6) is 0 Å². The van der Waals surface area contributed by atoms with Crippen molar-refractivity contribution in [2.24, 2.45) is 10.8 Å². The minimum Gasteiger partial charge on any atom is -0.349 e. The van der Waals surface area contributed by atoms with Gasteiger partial charge in [0.05, 0.1) is 12.0 Å². The molecule has 3 heteroatoms. The summed E-state index contributed by atoms with van der Waals surface area (Å²) in [4.78, 5) is 23.0. The van der Waals surface area contributed by atoms with Gasteiger partial charge in [-0.25, -0.2) is 0 Å². The molecule has 0 bridgehead atoms. The molecule has 1 aliphatic heterocycles. The zero-order valence-corrected chi connectivity index (χ0v) is 8.14. The number of carbonyl (C=O) groups is 2. The Morgan fingerprint density at radius 3 is 2.31 bits per heavy atom. The minimum absolute atomic E-state index is 0.00711. The van der Waals surface area contributed by atoms with Crippen LogP contribution in [0.1, 0.15) is 33.1 Å². The SMILES string of the molecule is CC1(C)CCC12CC(=O)CNC2=O. The molecule has 0 aromatic heterocycles. The van der Waals surface area contributed by atoms with E-state index in [9.17, 15) is 9.59 Å². The molecular formula is C10H15NO2. The molecule has 1 atom stereocenters. The van der Waals surface area contributed by atoms with Crippen molar-refractivity contribution in [2.45, 2.75) is 33.1 Å². The Bertz CT molecular complexity index is 283. The van der Waals surface area contributed by atoms with E-state index in [0.717, 1.165) is 12.8 Å². The summed E-state index contributed by atoms with van der Waals surface area (Å²) >= 11 is 0. The lowest BCUT2D eigenvalue weighted by Gasteiger charge is -2.56. The van der Waals surface area contributed by atoms with Crippen LogP contribution in [-0.2, 0) is 9.59 Å². The van der Waals surface area contributed by atoms with Crippen molar-refractivity contribution in [3.63, 3.8) is 0 Å². The van der Waals surface area contributed by atoms with Crippen LogP contribution >= 0.6 is 0 Å². The van der Waals surface area contributed by atoms with Crippen LogP contribution in [0.2, 0.25) is 0 Å². The lowest BCUT2D eigenvalue weighted by molar-refractivity contribution is -0.162. The van der Waals surface area contributed by atoms with Crippen LogP contribution in [0.15, 0.2) is 0 Å². The van der Waals surface area contributed by atoms with Gasteiger partial charge in [-0.2, -0.15) is 0 Å². The highest BCUT2D eigenvalue weighted by Crippen LogP contribution is 2.59. The number of rotatable bonds is 0. The third-order valence-electron chi connectivity index (χ3n) is 3.85. The van der Waals surface area contributed by atoms with Crippen LogP contribution in [0.25, 0.3) is 0 Å². The van der Waals surface area contributed by atoms with Crippen LogP contribution < -0.4 is 5.32 Å². The molecule has 72 valence electrons. The predicted molar refractivity (Wildman–Crippen MR) is 48.1 cm³/mol. The normalized spacial score (nSPS) is 37.1. The molecule has 1 unspecified atom stereocenters. The smallest absolute Gasteiger partial charge is 0.227 e. The highest BCUT2D eigenvalue weighted by atomic mass is 16.2. The molecule has 1 aliphatic carbocycles. The van der Waals surface area contributed by atoms with Gasteiger partial charge in [0.15, 0.2) is 5.78 Å². The van der Waals surface area contributed by atoms with E-state index in [0.29, 0.717) is 6.42 Å². The number of amides is 1. The summed E-state index contributed by atoms with van der Waals surface area (Å²) in [6, 6.07) is 0. The summed E-state index contributed by atoms with van der Waals surface area (Å²) in [7, 11) is 0. The number of ketones is 1. The van der Waals surface area contributed by atoms with E-state index in [-0.39, 0.29) is 29.1 Å². The molecule has 2 aliphatic rings. The molecule has 1 saturated carbocycles. The molecular weight excluding hydrogens is 166 g/mol. The summed E-state index contributed by atoms with van der Waals surface area (Å²) in [5, 5.41) is 2.69. The summed E-state index contributed by atoms with van der Waals surface area (Å²) < 4.78 is 0. The molecule has 1 N–H and O–H groups in total. The third-order valence-corrected chi connectivity index (χ3v) is 3.85. The van der Waals surface area contributed by atoms with Crippen LogP contribution in [0, 0.1) is 10.8 Å². The van der Waals surface area contributed by atoms with E-state index in [4.69, 9.17) is 0 Å². The fourth-order valence-electron chi connectivity index (χ4n) is 2.50. The van der Waals surface area contributed by atoms with Gasteiger partial charge in [0, 0.05) is 6.42 Å². The van der Waals surface area contributed by atoms with Gasteiger partial charge in [-0.05, 0) is 18.3 Å². The van der Waals surface area contributed by atoms with Gasteiger partial charge in [0.1, 0.15) is 0 Å². The Morgan fingerprint density at radius 1 is 1.23 bits per heavy atom. The zero-order chi connectivity index (χ0) is 9.69. The number of piperidine rings is 1. The van der Waals surface area contributed by atoms with Gasteiger partial charge in [-0.3, -0.25) is 9.59 Å². The molecule has 1 saturated heterocycles. The lowest BCUT2D eigenvalue weighted by atomic mass is 9.48. The summed E-state index contributed by atoms with van der Waals surface area (Å²) in [5.41, 5.74) is -0.366. The highest BCUT2D eigenvalue weighted by molar-refractivity contribution is 5.98. The van der Waals surface area contributed by atoms with Crippen molar-refractivity contribution in [3.05, 3.63) is 0 Å². The quantitative estimate of drug-likeness (QED) is 0.603. The molecule has 3 nitrogen and oxygen atoms in total. The van der Waals surface area contributed by atoms with Crippen LogP contribution in [0.4, 0.5) is 0 Å². The first kappa shape index (κ1) is 8.73. The van der Waals surface area contributed by atoms with Crippen molar-refractivity contribution in [1.82, 2.24) is 5.32 Å². The molecule has 2 fully saturated rings. The van der Waals surface area contributed by atoms with Gasteiger partial charge in [-0.1, -0.05) is 13.8 Å². The summed E-state index contributed by atoms with van der Waals surface area (Å²) in [5.74, 6) is 0.260. The monoisotopic (exact) mass is 181 g/mol. The molecule has 1 spiro atoms. The molecule has 1 amide bonds. The predicted octanol–water partition coefficient (Wildman–Crippen LogP) is 0.882. The Balaban J connectivity index is 2.29. The van der Waals surface area contributed by atoms with Crippen molar-refractivity contribution >= 4 is 11.7 Å². The number of Topliss-reactive ketones (excluding diaryl/α,β-unsaturated/α-hetero) is 1. The maximum absolute atomic E-state index is 11.7. The molecule has 13 heavy (non-hydrogen) atoms. The molecule has 0 aromatic carbocycles. The fraction of sp³-hybridized carbons (Fsp3) is 0.800. The van der Waals surface area contributed by atoms with Gasteiger partial charge >= 0.3 is 0 Å². The standard InChI is InChI=1S/C10H15NO2/c1-9(2)3-4-10(9)5-7(12)6-11-8(10)13/h3-6H2,1-2H3,(H,11,13). The van der Waals surface area contributed by atoms with Gasteiger partial charge in [-0.15, -0.1) is 0 Å². The highest BCUT2D eigenvalue weighted by Gasteiger charge is 2.59. The zero-order valence-electron chi connectivity index (χ0n) is 8.14. The third kappa shape index (κ3) is 0.960. The number of carbonyl (C=O) groups excluding carboxylic acids is 2. The summed E-state index contributed by atoms with van der Waals surface area (Å²) in [6.07, 6.45) is 2.37. The van der Waals surface area contributed by atoms with Crippen LogP contribution in [0.3, 0.4) is 0 Å². The number of hydrogen-bond acceptors (Lipinski definition) is 2. The first-order valence-electron chi connectivity index (χ1n) is 4.78. The maximum Gasteiger partial charge on any atom is 0.227 e. The van der Waals surface area contributed by atoms with E-state index >= 15 is 0 Å². The largest absolute Gasteiger partial charge is 0.349 e. The number of hydrogen-bond donors (Lipinski definition) is 1. The minimum atomic E-state index is -0.373. The summed E-state index contributed by atoms with van der Waals surface area (Å²) in [6.45, 7) is 4.39. The molecule has 2 rings (SSSR count). The average Bonchev–Trinajstić information content (AvgIpc) is 2.07. The lowest BCUT2D eigenvalue weighted by Crippen LogP contribution is -2.61. The van der Waals surface area contributed by atoms with Crippen molar-refractivity contribution in [3.8, 4) is 0 Å². The first-order valence-corrected chi connectivity index (χ1v) is 4.78. The van der Waals surface area contributed by atoms with E-state index in [1.807, 2.05) is 0 Å². The van der Waals surface area contributed by atoms with E-state index in [2.05, 4.69) is 19.2 Å². The Hall–Kier alpha value is -0.860. The van der Waals surface area contributed by atoms with Crippen molar-refractivity contribution in [2.75, 3.05) is 6.54 Å². The van der Waals surface area contributed by atoms with E-state index in [1.54, 1.807) is 0 Å².